The first-order chi connectivity index (χ1) is 13.8. The zero-order valence-corrected chi connectivity index (χ0v) is 17.9. The Balaban J connectivity index is 1.45. The molecule has 3 aliphatic rings. The van der Waals surface area contributed by atoms with Crippen LogP contribution in [0.15, 0.2) is 23.2 Å². The molecule has 0 amide bonds. The van der Waals surface area contributed by atoms with Crippen molar-refractivity contribution in [1.29, 1.82) is 0 Å². The Hall–Kier alpha value is -1.67. The van der Waals surface area contributed by atoms with Gasteiger partial charge in [0.1, 0.15) is 5.82 Å². The molecule has 3 unspecified atom stereocenters. The number of ether oxygens (including phenoxy) is 1. The van der Waals surface area contributed by atoms with Crippen LogP contribution in [-0.2, 0) is 26.9 Å². The van der Waals surface area contributed by atoms with Crippen LogP contribution in [0.1, 0.15) is 43.2 Å². The maximum Gasteiger partial charge on any atom is 0.191 e. The Bertz CT molecular complexity index is 896. The molecule has 1 aromatic rings. The van der Waals surface area contributed by atoms with Gasteiger partial charge in [0.15, 0.2) is 15.8 Å². The minimum Gasteiger partial charge on any atom is -0.377 e. The number of halogens is 1. The van der Waals surface area contributed by atoms with Crippen molar-refractivity contribution in [3.63, 3.8) is 0 Å². The third-order valence-corrected chi connectivity index (χ3v) is 7.67. The third-order valence-electron chi connectivity index (χ3n) is 6.83. The highest BCUT2D eigenvalue weighted by Crippen LogP contribution is 2.60. The summed E-state index contributed by atoms with van der Waals surface area (Å²) in [5.74, 6) is 0.697. The van der Waals surface area contributed by atoms with Gasteiger partial charge in [0, 0.05) is 43.8 Å². The van der Waals surface area contributed by atoms with E-state index >= 15 is 0 Å². The summed E-state index contributed by atoms with van der Waals surface area (Å²) < 4.78 is 43.2. The number of aliphatic imine (C=N–C) groups is 1. The van der Waals surface area contributed by atoms with Gasteiger partial charge in [-0.3, -0.25) is 4.99 Å². The molecule has 0 radical (unpaired) electrons. The second kappa shape index (κ2) is 7.87. The number of nitrogens with one attached hydrogen (secondary N) is 2. The molecule has 2 N–H and O–H groups in total. The molecule has 1 heterocycles. The van der Waals surface area contributed by atoms with Crippen LogP contribution in [0.25, 0.3) is 0 Å². The van der Waals surface area contributed by atoms with E-state index in [2.05, 4.69) is 15.6 Å². The van der Waals surface area contributed by atoms with Gasteiger partial charge in [0.2, 0.25) is 0 Å². The quantitative estimate of drug-likeness (QED) is 0.562. The van der Waals surface area contributed by atoms with Crippen molar-refractivity contribution in [2.75, 3.05) is 19.9 Å². The first kappa shape index (κ1) is 20.6. The van der Waals surface area contributed by atoms with Crippen molar-refractivity contribution >= 4 is 15.8 Å². The molecule has 1 spiro atoms. The second-order valence-corrected chi connectivity index (χ2v) is 10.9. The van der Waals surface area contributed by atoms with Crippen molar-refractivity contribution in [2.45, 2.75) is 56.5 Å². The number of benzene rings is 1. The normalized spacial score (nSPS) is 28.2. The SMILES string of the molecule is CN=C(NCc1cc(F)ccc1CS(C)(=O)=O)NC1C2CCOC2C12CCCC2. The van der Waals surface area contributed by atoms with Crippen molar-refractivity contribution < 1.29 is 17.5 Å². The minimum absolute atomic E-state index is 0.108. The van der Waals surface area contributed by atoms with Crippen LogP contribution in [0.2, 0.25) is 0 Å². The summed E-state index contributed by atoms with van der Waals surface area (Å²) in [5.41, 5.74) is 1.45. The largest absolute Gasteiger partial charge is 0.377 e. The molecule has 2 saturated carbocycles. The first-order valence-electron chi connectivity index (χ1n) is 10.4. The average molecular weight is 424 g/mol. The lowest BCUT2D eigenvalue weighted by atomic mass is 9.54. The van der Waals surface area contributed by atoms with Crippen LogP contribution in [0.3, 0.4) is 0 Å². The molecule has 6 nitrogen and oxygen atoms in total. The van der Waals surface area contributed by atoms with Gasteiger partial charge in [-0.2, -0.15) is 0 Å². The summed E-state index contributed by atoms with van der Waals surface area (Å²) >= 11 is 0. The van der Waals surface area contributed by atoms with Crippen LogP contribution in [0, 0.1) is 17.2 Å². The predicted molar refractivity (Wildman–Crippen MR) is 111 cm³/mol. The Morgan fingerprint density at radius 3 is 2.76 bits per heavy atom. The lowest BCUT2D eigenvalue weighted by Gasteiger charge is -2.57. The molecule has 2 aliphatic carbocycles. The number of nitrogens with zero attached hydrogens (tertiary/aromatic N) is 1. The minimum atomic E-state index is -3.21. The van der Waals surface area contributed by atoms with Crippen molar-refractivity contribution in [3.05, 3.63) is 35.1 Å². The average Bonchev–Trinajstić information content (AvgIpc) is 3.31. The van der Waals surface area contributed by atoms with Crippen LogP contribution < -0.4 is 10.6 Å². The second-order valence-electron chi connectivity index (χ2n) is 8.72. The van der Waals surface area contributed by atoms with E-state index in [9.17, 15) is 12.8 Å². The fraction of sp³-hybridized carbons (Fsp3) is 0.667. The van der Waals surface area contributed by atoms with Gasteiger partial charge in [-0.25, -0.2) is 12.8 Å². The van der Waals surface area contributed by atoms with E-state index in [4.69, 9.17) is 4.74 Å². The molecule has 1 aromatic carbocycles. The summed E-state index contributed by atoms with van der Waals surface area (Å²) in [7, 11) is -1.48. The van der Waals surface area contributed by atoms with E-state index in [1.165, 1.54) is 44.1 Å². The summed E-state index contributed by atoms with van der Waals surface area (Å²) in [5, 5.41) is 6.87. The maximum atomic E-state index is 13.8. The molecular formula is C21H30FN3O3S. The van der Waals surface area contributed by atoms with E-state index in [-0.39, 0.29) is 17.0 Å². The van der Waals surface area contributed by atoms with Crippen molar-refractivity contribution in [3.8, 4) is 0 Å². The highest BCUT2D eigenvalue weighted by molar-refractivity contribution is 7.89. The number of guanidine groups is 1. The lowest BCUT2D eigenvalue weighted by Crippen LogP contribution is -2.69. The van der Waals surface area contributed by atoms with Gasteiger partial charge >= 0.3 is 0 Å². The number of rotatable bonds is 5. The molecule has 4 rings (SSSR count). The number of fused-ring (bicyclic) bond motifs is 2. The maximum absolute atomic E-state index is 13.8. The van der Waals surface area contributed by atoms with E-state index in [1.807, 2.05) is 0 Å². The zero-order chi connectivity index (χ0) is 20.6. The van der Waals surface area contributed by atoms with Gasteiger partial charge in [-0.05, 0) is 42.5 Å². The number of hydrogen-bond acceptors (Lipinski definition) is 4. The Labute approximate surface area is 172 Å². The standard InChI is InChI=1S/C21H30FN3O3S/c1-23-20(24-12-15-11-16(22)6-5-14(15)13-29(2,26)27)25-18-17-7-10-28-19(17)21(18)8-3-4-9-21/h5-6,11,17-19H,3-4,7-10,12-13H2,1-2H3,(H2,23,24,25). The van der Waals surface area contributed by atoms with Gasteiger partial charge in [-0.15, -0.1) is 0 Å². The number of hydrogen-bond donors (Lipinski definition) is 2. The third kappa shape index (κ3) is 4.01. The first-order valence-corrected chi connectivity index (χ1v) is 12.4. The summed E-state index contributed by atoms with van der Waals surface area (Å²) in [6.07, 6.45) is 7.49. The van der Waals surface area contributed by atoms with E-state index in [1.54, 1.807) is 13.1 Å². The van der Waals surface area contributed by atoms with Gasteiger partial charge in [0.25, 0.3) is 0 Å². The monoisotopic (exact) mass is 423 g/mol. The topological polar surface area (TPSA) is 79.8 Å². The van der Waals surface area contributed by atoms with Gasteiger partial charge in [0.05, 0.1) is 11.9 Å². The zero-order valence-electron chi connectivity index (χ0n) is 17.1. The van der Waals surface area contributed by atoms with Crippen molar-refractivity contribution in [1.82, 2.24) is 10.6 Å². The van der Waals surface area contributed by atoms with E-state index in [0.29, 0.717) is 41.7 Å². The fourth-order valence-corrected chi connectivity index (χ4v) is 6.45. The van der Waals surface area contributed by atoms with E-state index < -0.39 is 9.84 Å². The molecule has 3 atom stereocenters. The highest BCUT2D eigenvalue weighted by atomic mass is 32.2. The van der Waals surface area contributed by atoms with Crippen LogP contribution >= 0.6 is 0 Å². The Kier molecular flexibility index (Phi) is 5.59. The summed E-state index contributed by atoms with van der Waals surface area (Å²) in [6.45, 7) is 1.14. The molecule has 3 fully saturated rings. The predicted octanol–water partition coefficient (Wildman–Crippen LogP) is 2.38. The number of sulfone groups is 1. The van der Waals surface area contributed by atoms with Crippen LogP contribution in [0.4, 0.5) is 4.39 Å². The van der Waals surface area contributed by atoms with E-state index in [0.717, 1.165) is 13.0 Å². The summed E-state index contributed by atoms with van der Waals surface area (Å²) in [4.78, 5) is 4.36. The fourth-order valence-electron chi connectivity index (χ4n) is 5.61. The molecule has 8 heteroatoms. The molecular weight excluding hydrogens is 393 g/mol. The van der Waals surface area contributed by atoms with Crippen LogP contribution in [0.5, 0.6) is 0 Å². The lowest BCUT2D eigenvalue weighted by molar-refractivity contribution is -0.125. The highest BCUT2D eigenvalue weighted by Gasteiger charge is 2.65. The molecule has 0 bridgehead atoms. The molecule has 0 aromatic heterocycles. The van der Waals surface area contributed by atoms with Crippen molar-refractivity contribution in [2.24, 2.45) is 16.3 Å². The smallest absolute Gasteiger partial charge is 0.191 e. The summed E-state index contributed by atoms with van der Waals surface area (Å²) in [6, 6.07) is 4.58. The molecule has 1 saturated heterocycles. The molecule has 160 valence electrons. The van der Waals surface area contributed by atoms with Crippen LogP contribution in [-0.4, -0.2) is 46.4 Å². The molecule has 1 aliphatic heterocycles. The Morgan fingerprint density at radius 2 is 2.07 bits per heavy atom. The van der Waals surface area contributed by atoms with Gasteiger partial charge < -0.3 is 15.4 Å². The Morgan fingerprint density at radius 1 is 1.31 bits per heavy atom. The van der Waals surface area contributed by atoms with Gasteiger partial charge in [-0.1, -0.05) is 18.9 Å². The molecule has 29 heavy (non-hydrogen) atoms.